The minimum Gasteiger partial charge on any atom is -0.512 e. The molecule has 0 aromatic carbocycles. The van der Waals surface area contributed by atoms with Crippen LogP contribution in [0.25, 0.3) is 0 Å². The van der Waals surface area contributed by atoms with E-state index in [-0.39, 0.29) is 0 Å². The Balaban J connectivity index is 2.31. The third-order valence-corrected chi connectivity index (χ3v) is 5.65. The Kier molecular flexibility index (Phi) is 6.36. The first kappa shape index (κ1) is 19.3. The van der Waals surface area contributed by atoms with Crippen molar-refractivity contribution < 1.29 is 10.2 Å². The van der Waals surface area contributed by atoms with E-state index in [4.69, 9.17) is 0 Å². The molecule has 0 bridgehead atoms. The molecule has 0 radical (unpaired) electrons. The van der Waals surface area contributed by atoms with E-state index in [0.29, 0.717) is 17.6 Å². The van der Waals surface area contributed by atoms with Crippen LogP contribution < -0.4 is 0 Å². The molecule has 2 atom stereocenters. The Bertz CT molecular complexity index is 543. The second-order valence-corrected chi connectivity index (χ2v) is 8.50. The predicted octanol–water partition coefficient (Wildman–Crippen LogP) is 6.23. The highest BCUT2D eigenvalue weighted by Crippen LogP contribution is 2.43. The summed E-state index contributed by atoms with van der Waals surface area (Å²) in [6, 6.07) is 0. The molecule has 0 fully saturated rings. The van der Waals surface area contributed by atoms with Gasteiger partial charge in [0.1, 0.15) is 5.76 Å². The second-order valence-electron chi connectivity index (χ2n) is 8.50. The van der Waals surface area contributed by atoms with E-state index >= 15 is 0 Å². The minimum absolute atomic E-state index is 0.465. The lowest BCUT2D eigenvalue weighted by molar-refractivity contribution is 0.111. The summed E-state index contributed by atoms with van der Waals surface area (Å²) < 4.78 is 0. The third-order valence-electron chi connectivity index (χ3n) is 5.65. The first-order chi connectivity index (χ1) is 11.2. The van der Waals surface area contributed by atoms with Crippen molar-refractivity contribution in [3.63, 3.8) is 0 Å². The first-order valence-electron chi connectivity index (χ1n) is 9.80. The van der Waals surface area contributed by atoms with E-state index in [2.05, 4.69) is 26.8 Å². The standard InChI is InChI=1S/C22H36O2/c1-6-7-8-9-17-13-16(3)21(20(23)14-17)18-12-15(2)10-11-19(18)22(4,5)24/h13,15,17,23-24H,6-12,14H2,1-5H3. The summed E-state index contributed by atoms with van der Waals surface area (Å²) in [5.41, 5.74) is 3.76. The average molecular weight is 333 g/mol. The van der Waals surface area contributed by atoms with Crippen LogP contribution in [0, 0.1) is 11.8 Å². The van der Waals surface area contributed by atoms with Crippen molar-refractivity contribution in [1.29, 1.82) is 0 Å². The van der Waals surface area contributed by atoms with E-state index in [1.165, 1.54) is 30.4 Å². The Morgan fingerprint density at radius 3 is 2.50 bits per heavy atom. The first-order valence-corrected chi connectivity index (χ1v) is 9.80. The molecule has 0 saturated carbocycles. The van der Waals surface area contributed by atoms with Gasteiger partial charge in [-0.3, -0.25) is 0 Å². The fourth-order valence-electron chi connectivity index (χ4n) is 4.37. The van der Waals surface area contributed by atoms with Gasteiger partial charge in [-0.25, -0.2) is 0 Å². The second kappa shape index (κ2) is 7.91. The topological polar surface area (TPSA) is 40.5 Å². The average Bonchev–Trinajstić information content (AvgIpc) is 2.45. The van der Waals surface area contributed by atoms with Gasteiger partial charge in [-0.05, 0) is 75.0 Å². The fourth-order valence-corrected chi connectivity index (χ4v) is 4.37. The van der Waals surface area contributed by atoms with Crippen LogP contribution in [0.4, 0.5) is 0 Å². The monoisotopic (exact) mass is 332 g/mol. The molecule has 2 heteroatoms. The van der Waals surface area contributed by atoms with Gasteiger partial charge in [-0.15, -0.1) is 0 Å². The molecule has 2 aliphatic rings. The van der Waals surface area contributed by atoms with E-state index in [1.54, 1.807) is 0 Å². The molecule has 0 spiro atoms. The minimum atomic E-state index is -0.805. The highest BCUT2D eigenvalue weighted by molar-refractivity contribution is 5.53. The van der Waals surface area contributed by atoms with Crippen molar-refractivity contribution in [2.75, 3.05) is 0 Å². The Morgan fingerprint density at radius 2 is 1.92 bits per heavy atom. The highest BCUT2D eigenvalue weighted by Gasteiger charge is 2.32. The molecule has 2 nitrogen and oxygen atoms in total. The zero-order chi connectivity index (χ0) is 17.9. The maximum Gasteiger partial charge on any atom is 0.101 e. The maximum absolute atomic E-state index is 10.8. The van der Waals surface area contributed by atoms with Crippen LogP contribution in [0.1, 0.15) is 86.0 Å². The van der Waals surface area contributed by atoms with Crippen LogP contribution in [0.3, 0.4) is 0 Å². The van der Waals surface area contributed by atoms with E-state index in [1.807, 2.05) is 13.8 Å². The van der Waals surface area contributed by atoms with Crippen molar-refractivity contribution in [2.24, 2.45) is 11.8 Å². The van der Waals surface area contributed by atoms with Gasteiger partial charge < -0.3 is 10.2 Å². The third kappa shape index (κ3) is 4.53. The van der Waals surface area contributed by atoms with Crippen molar-refractivity contribution in [3.05, 3.63) is 34.1 Å². The van der Waals surface area contributed by atoms with Gasteiger partial charge in [0.15, 0.2) is 0 Å². The number of unbranched alkanes of at least 4 members (excludes halogenated alkanes) is 2. The molecule has 0 aliphatic heterocycles. The largest absolute Gasteiger partial charge is 0.512 e. The van der Waals surface area contributed by atoms with E-state index in [0.717, 1.165) is 43.3 Å². The van der Waals surface area contributed by atoms with E-state index < -0.39 is 5.60 Å². The van der Waals surface area contributed by atoms with Crippen LogP contribution in [0.5, 0.6) is 0 Å². The summed E-state index contributed by atoms with van der Waals surface area (Å²) in [6.45, 7) is 10.4. The summed E-state index contributed by atoms with van der Waals surface area (Å²) in [5, 5.41) is 21.4. The SMILES string of the molecule is CCCCCC1C=C(C)C(C2=C(C(C)(C)O)CCC(C)C2)=C(O)C1. The van der Waals surface area contributed by atoms with Crippen LogP contribution in [-0.2, 0) is 0 Å². The van der Waals surface area contributed by atoms with Crippen LogP contribution in [-0.4, -0.2) is 15.8 Å². The molecule has 0 aromatic rings. The lowest BCUT2D eigenvalue weighted by Gasteiger charge is -2.35. The lowest BCUT2D eigenvalue weighted by atomic mass is 9.73. The quantitative estimate of drug-likeness (QED) is 0.566. The van der Waals surface area contributed by atoms with Gasteiger partial charge in [-0.2, -0.15) is 0 Å². The number of aliphatic hydroxyl groups excluding tert-OH is 1. The molecule has 2 unspecified atom stereocenters. The number of rotatable bonds is 6. The summed E-state index contributed by atoms with van der Waals surface area (Å²) in [6.07, 6.45) is 11.0. The zero-order valence-corrected chi connectivity index (χ0v) is 16.3. The number of allylic oxidation sites excluding steroid dienone is 5. The normalized spacial score (nSPS) is 26.0. The maximum atomic E-state index is 10.8. The van der Waals surface area contributed by atoms with Gasteiger partial charge in [0.05, 0.1) is 5.60 Å². The smallest absolute Gasteiger partial charge is 0.101 e. The van der Waals surface area contributed by atoms with Gasteiger partial charge in [0, 0.05) is 12.0 Å². The van der Waals surface area contributed by atoms with Crippen molar-refractivity contribution in [3.8, 4) is 0 Å². The van der Waals surface area contributed by atoms with Gasteiger partial charge >= 0.3 is 0 Å². The summed E-state index contributed by atoms with van der Waals surface area (Å²) in [5.74, 6) is 1.62. The summed E-state index contributed by atoms with van der Waals surface area (Å²) >= 11 is 0. The summed E-state index contributed by atoms with van der Waals surface area (Å²) in [7, 11) is 0. The Hall–Kier alpha value is -1.02. The molecule has 24 heavy (non-hydrogen) atoms. The lowest BCUT2D eigenvalue weighted by Crippen LogP contribution is -2.28. The molecule has 0 heterocycles. The number of hydrogen-bond donors (Lipinski definition) is 2. The molecule has 0 aromatic heterocycles. The summed E-state index contributed by atoms with van der Waals surface area (Å²) in [4.78, 5) is 0. The molecule has 0 saturated heterocycles. The van der Waals surface area contributed by atoms with Crippen molar-refractivity contribution in [2.45, 2.75) is 91.6 Å². The number of hydrogen-bond acceptors (Lipinski definition) is 2. The molecule has 136 valence electrons. The van der Waals surface area contributed by atoms with Crippen LogP contribution >= 0.6 is 0 Å². The zero-order valence-electron chi connectivity index (χ0n) is 16.3. The van der Waals surface area contributed by atoms with Gasteiger partial charge in [0.25, 0.3) is 0 Å². The van der Waals surface area contributed by atoms with E-state index in [9.17, 15) is 10.2 Å². The molecular weight excluding hydrogens is 296 g/mol. The number of aliphatic hydroxyl groups is 2. The van der Waals surface area contributed by atoms with Crippen LogP contribution in [0.15, 0.2) is 34.1 Å². The highest BCUT2D eigenvalue weighted by atomic mass is 16.3. The van der Waals surface area contributed by atoms with Gasteiger partial charge in [0.2, 0.25) is 0 Å². The van der Waals surface area contributed by atoms with Gasteiger partial charge in [-0.1, -0.05) is 39.2 Å². The Labute approximate surface area is 148 Å². The predicted molar refractivity (Wildman–Crippen MR) is 102 cm³/mol. The molecule has 0 amide bonds. The molecule has 2 N–H and O–H groups in total. The Morgan fingerprint density at radius 1 is 1.21 bits per heavy atom. The molecule has 2 aliphatic carbocycles. The van der Waals surface area contributed by atoms with Crippen molar-refractivity contribution in [1.82, 2.24) is 0 Å². The van der Waals surface area contributed by atoms with Crippen molar-refractivity contribution >= 4 is 0 Å². The molecule has 2 rings (SSSR count). The molecular formula is C22H36O2. The fraction of sp³-hybridized carbons (Fsp3) is 0.727. The van der Waals surface area contributed by atoms with Crippen LogP contribution in [0.2, 0.25) is 0 Å².